The molecule has 0 saturated carbocycles. The maximum atomic E-state index is 6.30. The summed E-state index contributed by atoms with van der Waals surface area (Å²) in [5.74, 6) is 0.755. The molecule has 1 atom stereocenters. The third-order valence-corrected chi connectivity index (χ3v) is 3.87. The Kier molecular flexibility index (Phi) is 4.09. The van der Waals surface area contributed by atoms with Crippen LogP contribution >= 0.6 is 31.9 Å². The van der Waals surface area contributed by atoms with E-state index in [1.165, 1.54) is 0 Å². The fourth-order valence-corrected chi connectivity index (χ4v) is 2.79. The van der Waals surface area contributed by atoms with Crippen molar-refractivity contribution in [2.45, 2.75) is 6.04 Å². The molecule has 2 aromatic rings. The molecule has 6 heteroatoms. The molecule has 1 heterocycles. The van der Waals surface area contributed by atoms with E-state index < -0.39 is 0 Å². The van der Waals surface area contributed by atoms with Gasteiger partial charge in [-0.15, -0.1) is 0 Å². The SMILES string of the molecule is COc1cc(Br)ccc1C(N)c1c(Br)cnn1C. The Bertz CT molecular complexity index is 549. The van der Waals surface area contributed by atoms with Crippen molar-refractivity contribution in [2.24, 2.45) is 12.8 Å². The molecule has 0 radical (unpaired) electrons. The van der Waals surface area contributed by atoms with Crippen LogP contribution in [0.1, 0.15) is 17.3 Å². The molecule has 1 aromatic heterocycles. The normalized spacial score (nSPS) is 12.5. The van der Waals surface area contributed by atoms with Crippen LogP contribution in [0.2, 0.25) is 0 Å². The Morgan fingerprint density at radius 3 is 2.67 bits per heavy atom. The molecule has 1 unspecified atom stereocenters. The molecular weight excluding hydrogens is 362 g/mol. The topological polar surface area (TPSA) is 53.1 Å². The summed E-state index contributed by atoms with van der Waals surface area (Å²) in [6.07, 6.45) is 1.74. The van der Waals surface area contributed by atoms with Crippen molar-refractivity contribution in [3.05, 3.63) is 44.6 Å². The fraction of sp³-hybridized carbons (Fsp3) is 0.250. The average Bonchev–Trinajstić information content (AvgIpc) is 2.68. The highest BCUT2D eigenvalue weighted by Crippen LogP contribution is 2.33. The second-order valence-corrected chi connectivity index (χ2v) is 5.64. The predicted octanol–water partition coefficient (Wildman–Crippen LogP) is 3.00. The molecule has 96 valence electrons. The van der Waals surface area contributed by atoms with E-state index in [0.717, 1.165) is 26.0 Å². The first-order valence-corrected chi connectivity index (χ1v) is 6.89. The number of nitrogens with two attached hydrogens (primary N) is 1. The molecule has 0 fully saturated rings. The Morgan fingerprint density at radius 2 is 2.11 bits per heavy atom. The lowest BCUT2D eigenvalue weighted by atomic mass is 10.0. The summed E-state index contributed by atoms with van der Waals surface area (Å²) in [6.45, 7) is 0. The molecule has 0 aliphatic rings. The monoisotopic (exact) mass is 373 g/mol. The van der Waals surface area contributed by atoms with E-state index in [0.29, 0.717) is 0 Å². The van der Waals surface area contributed by atoms with Crippen molar-refractivity contribution < 1.29 is 4.74 Å². The van der Waals surface area contributed by atoms with Crippen molar-refractivity contribution in [3.63, 3.8) is 0 Å². The van der Waals surface area contributed by atoms with E-state index in [1.54, 1.807) is 18.0 Å². The third kappa shape index (κ3) is 2.46. The lowest BCUT2D eigenvalue weighted by molar-refractivity contribution is 0.406. The van der Waals surface area contributed by atoms with Gasteiger partial charge in [0, 0.05) is 17.1 Å². The van der Waals surface area contributed by atoms with Gasteiger partial charge in [0.05, 0.1) is 29.5 Å². The second kappa shape index (κ2) is 5.42. The minimum absolute atomic E-state index is 0.296. The molecule has 0 bridgehead atoms. The van der Waals surface area contributed by atoms with Crippen LogP contribution in [0, 0.1) is 0 Å². The smallest absolute Gasteiger partial charge is 0.125 e. The highest BCUT2D eigenvalue weighted by molar-refractivity contribution is 9.10. The number of methoxy groups -OCH3 is 1. The quantitative estimate of drug-likeness (QED) is 0.898. The summed E-state index contributed by atoms with van der Waals surface area (Å²) in [5.41, 5.74) is 8.14. The summed E-state index contributed by atoms with van der Waals surface area (Å²) < 4.78 is 8.98. The number of aryl methyl sites for hydroxylation is 1. The summed E-state index contributed by atoms with van der Waals surface area (Å²) in [6, 6.07) is 5.50. The van der Waals surface area contributed by atoms with Gasteiger partial charge in [-0.05, 0) is 28.1 Å². The van der Waals surface area contributed by atoms with E-state index in [2.05, 4.69) is 37.0 Å². The average molecular weight is 375 g/mol. The van der Waals surface area contributed by atoms with Gasteiger partial charge < -0.3 is 10.5 Å². The molecular formula is C12H13Br2N3O. The van der Waals surface area contributed by atoms with Gasteiger partial charge in [0.15, 0.2) is 0 Å². The molecule has 0 aliphatic carbocycles. The van der Waals surface area contributed by atoms with E-state index in [9.17, 15) is 0 Å². The van der Waals surface area contributed by atoms with Crippen molar-refractivity contribution in [1.29, 1.82) is 0 Å². The molecule has 0 amide bonds. The highest BCUT2D eigenvalue weighted by Gasteiger charge is 2.20. The zero-order valence-electron chi connectivity index (χ0n) is 10.0. The van der Waals surface area contributed by atoms with Crippen LogP contribution in [0.5, 0.6) is 5.75 Å². The minimum Gasteiger partial charge on any atom is -0.496 e. The summed E-state index contributed by atoms with van der Waals surface area (Å²) >= 11 is 6.88. The number of aromatic nitrogens is 2. The Balaban J connectivity index is 2.49. The minimum atomic E-state index is -0.296. The van der Waals surface area contributed by atoms with Crippen molar-refractivity contribution in [2.75, 3.05) is 7.11 Å². The van der Waals surface area contributed by atoms with Crippen LogP contribution in [0.25, 0.3) is 0 Å². The number of hydrogen-bond donors (Lipinski definition) is 1. The number of ether oxygens (including phenoxy) is 1. The lowest BCUT2D eigenvalue weighted by Crippen LogP contribution is -2.17. The van der Waals surface area contributed by atoms with Gasteiger partial charge in [-0.1, -0.05) is 22.0 Å². The standard InChI is InChI=1S/C12H13Br2N3O/c1-17-12(9(14)6-16-17)11(15)8-4-3-7(13)5-10(8)18-2/h3-6,11H,15H2,1-2H3. The van der Waals surface area contributed by atoms with E-state index in [1.807, 2.05) is 25.2 Å². The van der Waals surface area contributed by atoms with Crippen LogP contribution in [-0.2, 0) is 7.05 Å². The second-order valence-electron chi connectivity index (χ2n) is 3.87. The van der Waals surface area contributed by atoms with Gasteiger partial charge in [-0.25, -0.2) is 0 Å². The molecule has 18 heavy (non-hydrogen) atoms. The third-order valence-electron chi connectivity index (χ3n) is 2.76. The van der Waals surface area contributed by atoms with E-state index in [-0.39, 0.29) is 6.04 Å². The largest absolute Gasteiger partial charge is 0.496 e. The van der Waals surface area contributed by atoms with Gasteiger partial charge in [0.25, 0.3) is 0 Å². The van der Waals surface area contributed by atoms with Gasteiger partial charge in [0.1, 0.15) is 5.75 Å². The van der Waals surface area contributed by atoms with Gasteiger partial charge in [-0.3, -0.25) is 4.68 Å². The summed E-state index contributed by atoms with van der Waals surface area (Å²) in [7, 11) is 3.50. The van der Waals surface area contributed by atoms with Crippen LogP contribution in [0.15, 0.2) is 33.3 Å². The number of rotatable bonds is 3. The molecule has 2 N–H and O–H groups in total. The first kappa shape index (κ1) is 13.6. The van der Waals surface area contributed by atoms with Crippen molar-refractivity contribution in [3.8, 4) is 5.75 Å². The first-order valence-electron chi connectivity index (χ1n) is 5.31. The Hall–Kier alpha value is -0.850. The maximum Gasteiger partial charge on any atom is 0.125 e. The fourth-order valence-electron chi connectivity index (χ4n) is 1.86. The predicted molar refractivity (Wildman–Crippen MR) is 77.6 cm³/mol. The van der Waals surface area contributed by atoms with Gasteiger partial charge in [0.2, 0.25) is 0 Å². The lowest BCUT2D eigenvalue weighted by Gasteiger charge is -2.17. The number of halogens is 2. The van der Waals surface area contributed by atoms with Gasteiger partial charge in [-0.2, -0.15) is 5.10 Å². The molecule has 0 aliphatic heterocycles. The zero-order valence-corrected chi connectivity index (χ0v) is 13.2. The Labute approximate surface area is 122 Å². The molecule has 4 nitrogen and oxygen atoms in total. The van der Waals surface area contributed by atoms with Crippen LogP contribution in [-0.4, -0.2) is 16.9 Å². The maximum absolute atomic E-state index is 6.30. The number of nitrogens with zero attached hydrogens (tertiary/aromatic N) is 2. The number of hydrogen-bond acceptors (Lipinski definition) is 3. The van der Waals surface area contributed by atoms with Crippen LogP contribution in [0.3, 0.4) is 0 Å². The van der Waals surface area contributed by atoms with E-state index >= 15 is 0 Å². The van der Waals surface area contributed by atoms with E-state index in [4.69, 9.17) is 10.5 Å². The Morgan fingerprint density at radius 1 is 1.39 bits per heavy atom. The van der Waals surface area contributed by atoms with Crippen LogP contribution < -0.4 is 10.5 Å². The molecule has 0 spiro atoms. The van der Waals surface area contributed by atoms with Crippen molar-refractivity contribution in [1.82, 2.24) is 9.78 Å². The molecule has 2 rings (SSSR count). The number of benzene rings is 1. The van der Waals surface area contributed by atoms with Gasteiger partial charge >= 0.3 is 0 Å². The zero-order chi connectivity index (χ0) is 13.3. The first-order chi connectivity index (χ1) is 8.54. The van der Waals surface area contributed by atoms with Crippen molar-refractivity contribution >= 4 is 31.9 Å². The summed E-state index contributed by atoms with van der Waals surface area (Å²) in [5, 5.41) is 4.18. The van der Waals surface area contributed by atoms with Crippen LogP contribution in [0.4, 0.5) is 0 Å². The molecule has 1 aromatic carbocycles. The molecule has 0 saturated heterocycles. The summed E-state index contributed by atoms with van der Waals surface area (Å²) in [4.78, 5) is 0. The highest BCUT2D eigenvalue weighted by atomic mass is 79.9.